The molecule has 1 unspecified atom stereocenters. The lowest BCUT2D eigenvalue weighted by atomic mass is 10.1. The van der Waals surface area contributed by atoms with Crippen molar-refractivity contribution < 1.29 is 27.0 Å². The highest BCUT2D eigenvalue weighted by atomic mass is 32.2. The van der Waals surface area contributed by atoms with E-state index in [1.165, 1.54) is 35.7 Å². The van der Waals surface area contributed by atoms with Crippen LogP contribution in [0.15, 0.2) is 71.6 Å². The molecule has 3 aromatic rings. The fourth-order valence-electron chi connectivity index (χ4n) is 3.34. The van der Waals surface area contributed by atoms with Gasteiger partial charge in [-0.1, -0.05) is 18.2 Å². The molecule has 0 radical (unpaired) electrons. The molecule has 0 aliphatic carbocycles. The molecule has 1 atom stereocenters. The van der Waals surface area contributed by atoms with Crippen molar-refractivity contribution in [3.05, 3.63) is 78.1 Å². The summed E-state index contributed by atoms with van der Waals surface area (Å²) in [6, 6.07) is 16.4. The third kappa shape index (κ3) is 3.66. The molecule has 0 bridgehead atoms. The summed E-state index contributed by atoms with van der Waals surface area (Å²) in [5, 5.41) is 0. The van der Waals surface area contributed by atoms with Crippen LogP contribution < -0.4 is 18.5 Å². The zero-order chi connectivity index (χ0) is 21.3. The molecule has 30 heavy (non-hydrogen) atoms. The van der Waals surface area contributed by atoms with Crippen molar-refractivity contribution in [1.29, 1.82) is 0 Å². The van der Waals surface area contributed by atoms with Gasteiger partial charge in [-0.2, -0.15) is 0 Å². The van der Waals surface area contributed by atoms with E-state index in [0.717, 1.165) is 0 Å². The zero-order valence-corrected chi connectivity index (χ0v) is 17.2. The predicted octanol–water partition coefficient (Wildman–Crippen LogP) is 4.52. The molecule has 6 nitrogen and oxygen atoms in total. The minimum atomic E-state index is -4.00. The van der Waals surface area contributed by atoms with Crippen molar-refractivity contribution in [3.8, 4) is 17.2 Å². The van der Waals surface area contributed by atoms with E-state index in [4.69, 9.17) is 14.2 Å². The van der Waals surface area contributed by atoms with E-state index in [1.54, 1.807) is 49.4 Å². The molecule has 3 aromatic carbocycles. The first-order valence-corrected chi connectivity index (χ1v) is 10.7. The number of rotatable bonds is 6. The summed E-state index contributed by atoms with van der Waals surface area (Å²) < 4.78 is 58.1. The number of nitrogens with zero attached hydrogens (tertiary/aromatic N) is 1. The second-order valence-electron chi connectivity index (χ2n) is 6.74. The predicted molar refractivity (Wildman–Crippen MR) is 110 cm³/mol. The van der Waals surface area contributed by atoms with Gasteiger partial charge in [0, 0.05) is 12.1 Å². The highest BCUT2D eigenvalue weighted by Gasteiger charge is 2.32. The van der Waals surface area contributed by atoms with Gasteiger partial charge in [-0.15, -0.1) is 0 Å². The van der Waals surface area contributed by atoms with Crippen LogP contribution in [0.3, 0.4) is 0 Å². The standard InChI is InChI=1S/C22H20FNO5S/c1-15(16-6-8-17(23)9-7-16)24(18-10-11-21-22(12-18)29-14-28-21)30(25,26)20-5-3-4-19(13-20)27-2/h3-13,15H,14H2,1-2H3. The van der Waals surface area contributed by atoms with Crippen molar-refractivity contribution in [3.63, 3.8) is 0 Å². The van der Waals surface area contributed by atoms with Crippen LogP contribution in [0, 0.1) is 5.82 Å². The summed E-state index contributed by atoms with van der Waals surface area (Å²) in [7, 11) is -2.52. The van der Waals surface area contributed by atoms with Gasteiger partial charge in [-0.05, 0) is 48.9 Å². The largest absolute Gasteiger partial charge is 0.497 e. The Hall–Kier alpha value is -3.26. The third-order valence-corrected chi connectivity index (χ3v) is 6.81. The molecule has 0 amide bonds. The van der Waals surface area contributed by atoms with Crippen LogP contribution >= 0.6 is 0 Å². The van der Waals surface area contributed by atoms with Crippen LogP contribution in [-0.2, 0) is 10.0 Å². The summed E-state index contributed by atoms with van der Waals surface area (Å²) in [5.41, 5.74) is 1.04. The summed E-state index contributed by atoms with van der Waals surface area (Å²) in [6.45, 7) is 1.82. The van der Waals surface area contributed by atoms with Gasteiger partial charge in [-0.3, -0.25) is 4.31 Å². The molecular weight excluding hydrogens is 409 g/mol. The summed E-state index contributed by atoms with van der Waals surface area (Å²) in [4.78, 5) is 0.0773. The molecule has 8 heteroatoms. The molecule has 156 valence electrons. The van der Waals surface area contributed by atoms with E-state index in [2.05, 4.69) is 0 Å². The smallest absolute Gasteiger partial charge is 0.265 e. The Morgan fingerprint density at radius 1 is 1.00 bits per heavy atom. The van der Waals surface area contributed by atoms with Crippen molar-refractivity contribution in [1.82, 2.24) is 0 Å². The van der Waals surface area contributed by atoms with Crippen LogP contribution in [0.2, 0.25) is 0 Å². The minimum absolute atomic E-state index is 0.0773. The quantitative estimate of drug-likeness (QED) is 0.577. The second-order valence-corrected chi connectivity index (χ2v) is 8.56. The number of methoxy groups -OCH3 is 1. The number of fused-ring (bicyclic) bond motifs is 1. The number of halogens is 1. The van der Waals surface area contributed by atoms with E-state index >= 15 is 0 Å². The Morgan fingerprint density at radius 3 is 2.47 bits per heavy atom. The maximum absolute atomic E-state index is 13.7. The number of hydrogen-bond donors (Lipinski definition) is 0. The first-order valence-electron chi connectivity index (χ1n) is 9.24. The lowest BCUT2D eigenvalue weighted by Gasteiger charge is -2.31. The molecule has 0 fully saturated rings. The normalized spacial score (nSPS) is 13.7. The van der Waals surface area contributed by atoms with Crippen molar-refractivity contribution in [2.45, 2.75) is 17.9 Å². The number of ether oxygens (including phenoxy) is 3. The van der Waals surface area contributed by atoms with E-state index < -0.39 is 21.9 Å². The monoisotopic (exact) mass is 429 g/mol. The third-order valence-electron chi connectivity index (χ3n) is 4.91. The number of benzene rings is 3. The first kappa shape index (κ1) is 20.0. The summed E-state index contributed by atoms with van der Waals surface area (Å²) >= 11 is 0. The fourth-order valence-corrected chi connectivity index (χ4v) is 5.02. The molecule has 4 rings (SSSR count). The molecule has 0 N–H and O–H groups in total. The van der Waals surface area contributed by atoms with Crippen molar-refractivity contribution >= 4 is 15.7 Å². The Balaban J connectivity index is 1.85. The van der Waals surface area contributed by atoms with Gasteiger partial charge in [0.25, 0.3) is 10.0 Å². The maximum atomic E-state index is 13.7. The first-order chi connectivity index (χ1) is 14.4. The van der Waals surface area contributed by atoms with E-state index in [0.29, 0.717) is 28.5 Å². The van der Waals surface area contributed by atoms with Gasteiger partial charge in [0.15, 0.2) is 11.5 Å². The highest BCUT2D eigenvalue weighted by Crippen LogP contribution is 2.40. The Kier molecular flexibility index (Phi) is 5.26. The lowest BCUT2D eigenvalue weighted by molar-refractivity contribution is 0.174. The SMILES string of the molecule is COc1cccc(S(=O)(=O)N(c2ccc3c(c2)OCO3)C(C)c2ccc(F)cc2)c1. The number of hydrogen-bond acceptors (Lipinski definition) is 5. The molecule has 0 saturated carbocycles. The molecule has 1 aliphatic rings. The van der Waals surface area contributed by atoms with Crippen molar-refractivity contribution in [2.75, 3.05) is 18.2 Å². The van der Waals surface area contributed by atoms with Gasteiger partial charge >= 0.3 is 0 Å². The van der Waals surface area contributed by atoms with E-state index in [-0.39, 0.29) is 11.7 Å². The molecule has 0 aromatic heterocycles. The Bertz CT molecular complexity index is 1160. The molecule has 1 aliphatic heterocycles. The van der Waals surface area contributed by atoms with E-state index in [9.17, 15) is 12.8 Å². The average molecular weight is 429 g/mol. The van der Waals surface area contributed by atoms with Gasteiger partial charge in [0.2, 0.25) is 6.79 Å². The average Bonchev–Trinajstić information content (AvgIpc) is 3.22. The van der Waals surface area contributed by atoms with Crippen LogP contribution in [0.5, 0.6) is 17.2 Å². The lowest BCUT2D eigenvalue weighted by Crippen LogP contribution is -2.33. The highest BCUT2D eigenvalue weighted by molar-refractivity contribution is 7.92. The van der Waals surface area contributed by atoms with Crippen molar-refractivity contribution in [2.24, 2.45) is 0 Å². The van der Waals surface area contributed by atoms with Gasteiger partial charge in [-0.25, -0.2) is 12.8 Å². The van der Waals surface area contributed by atoms with E-state index in [1.807, 2.05) is 0 Å². The minimum Gasteiger partial charge on any atom is -0.497 e. The summed E-state index contributed by atoms with van der Waals surface area (Å²) in [6.07, 6.45) is 0. The Labute approximate surface area is 174 Å². The van der Waals surface area contributed by atoms with Crippen LogP contribution in [-0.4, -0.2) is 22.3 Å². The topological polar surface area (TPSA) is 65.1 Å². The summed E-state index contributed by atoms with van der Waals surface area (Å²) in [5.74, 6) is 1.05. The van der Waals surface area contributed by atoms with Gasteiger partial charge < -0.3 is 14.2 Å². The van der Waals surface area contributed by atoms with Crippen LogP contribution in [0.4, 0.5) is 10.1 Å². The van der Waals surface area contributed by atoms with Gasteiger partial charge in [0.1, 0.15) is 11.6 Å². The Morgan fingerprint density at radius 2 is 1.73 bits per heavy atom. The van der Waals surface area contributed by atoms with Crippen LogP contribution in [0.25, 0.3) is 0 Å². The van der Waals surface area contributed by atoms with Gasteiger partial charge in [0.05, 0.1) is 23.7 Å². The fraction of sp³-hybridized carbons (Fsp3) is 0.182. The van der Waals surface area contributed by atoms with Crippen LogP contribution in [0.1, 0.15) is 18.5 Å². The molecule has 1 heterocycles. The zero-order valence-electron chi connectivity index (χ0n) is 16.4. The number of anilines is 1. The molecule has 0 saturated heterocycles. The molecule has 0 spiro atoms. The molecular formula is C22H20FNO5S. The second kappa shape index (κ2) is 7.87. The number of sulfonamides is 1. The maximum Gasteiger partial charge on any atom is 0.265 e.